The van der Waals surface area contributed by atoms with Gasteiger partial charge in [-0.15, -0.1) is 0 Å². The molecule has 2 unspecified atom stereocenters. The molecule has 0 aromatic carbocycles. The van der Waals surface area contributed by atoms with E-state index in [2.05, 4.69) is 5.10 Å². The van der Waals surface area contributed by atoms with Crippen LogP contribution in [0.1, 0.15) is 42.6 Å². The Kier molecular flexibility index (Phi) is 3.84. The van der Waals surface area contributed by atoms with Crippen molar-refractivity contribution in [2.75, 3.05) is 0 Å². The lowest BCUT2D eigenvalue weighted by molar-refractivity contribution is 0.0885. The van der Waals surface area contributed by atoms with Gasteiger partial charge >= 0.3 is 0 Å². The SMILES string of the molecule is Cn1ncc(Cl)c1C(=O)C1CCCCCC1N. The number of halogens is 1. The third-order valence-electron chi connectivity index (χ3n) is 3.53. The van der Waals surface area contributed by atoms with Gasteiger partial charge in [-0.25, -0.2) is 0 Å². The van der Waals surface area contributed by atoms with Gasteiger partial charge in [-0.05, 0) is 12.8 Å². The molecule has 2 rings (SSSR count). The molecule has 1 aromatic heterocycles. The summed E-state index contributed by atoms with van der Waals surface area (Å²) in [5, 5.41) is 4.43. The fraction of sp³-hybridized carbons (Fsp3) is 0.667. The number of carbonyl (C=O) groups excluding carboxylic acids is 1. The number of nitrogens with two attached hydrogens (primary N) is 1. The normalized spacial score (nSPS) is 25.6. The van der Waals surface area contributed by atoms with E-state index in [0.29, 0.717) is 10.7 Å². The highest BCUT2D eigenvalue weighted by molar-refractivity contribution is 6.33. The van der Waals surface area contributed by atoms with Crippen LogP contribution in [0.2, 0.25) is 5.02 Å². The fourth-order valence-corrected chi connectivity index (χ4v) is 2.78. The van der Waals surface area contributed by atoms with Gasteiger partial charge in [0.25, 0.3) is 0 Å². The van der Waals surface area contributed by atoms with Crippen LogP contribution in [0, 0.1) is 5.92 Å². The topological polar surface area (TPSA) is 60.9 Å². The molecule has 1 aliphatic carbocycles. The van der Waals surface area contributed by atoms with Gasteiger partial charge in [-0.3, -0.25) is 9.48 Å². The summed E-state index contributed by atoms with van der Waals surface area (Å²) in [6.07, 6.45) is 6.64. The molecule has 2 N–H and O–H groups in total. The van der Waals surface area contributed by atoms with Crippen molar-refractivity contribution in [1.82, 2.24) is 9.78 Å². The average molecular weight is 256 g/mol. The number of aryl methyl sites for hydroxylation is 1. The number of Topliss-reactive ketones (excluding diaryl/α,β-unsaturated/α-hetero) is 1. The van der Waals surface area contributed by atoms with Crippen LogP contribution in [-0.2, 0) is 7.05 Å². The van der Waals surface area contributed by atoms with E-state index in [9.17, 15) is 4.79 Å². The molecule has 0 amide bonds. The molecule has 5 heteroatoms. The van der Waals surface area contributed by atoms with Gasteiger partial charge in [0.1, 0.15) is 5.69 Å². The second-order valence-electron chi connectivity index (χ2n) is 4.74. The van der Waals surface area contributed by atoms with Crippen LogP contribution in [0.25, 0.3) is 0 Å². The van der Waals surface area contributed by atoms with E-state index in [1.807, 2.05) is 0 Å². The summed E-state index contributed by atoms with van der Waals surface area (Å²) in [7, 11) is 1.74. The Labute approximate surface area is 106 Å². The molecular formula is C12H18ClN3O. The molecule has 4 nitrogen and oxygen atoms in total. The van der Waals surface area contributed by atoms with Crippen molar-refractivity contribution in [2.45, 2.75) is 38.1 Å². The van der Waals surface area contributed by atoms with Crippen LogP contribution in [-0.4, -0.2) is 21.6 Å². The second-order valence-corrected chi connectivity index (χ2v) is 5.14. The smallest absolute Gasteiger partial charge is 0.186 e. The predicted molar refractivity (Wildman–Crippen MR) is 67.1 cm³/mol. The highest BCUT2D eigenvalue weighted by Gasteiger charge is 2.30. The van der Waals surface area contributed by atoms with Crippen molar-refractivity contribution < 1.29 is 4.79 Å². The largest absolute Gasteiger partial charge is 0.327 e. The first kappa shape index (κ1) is 12.6. The Bertz CT molecular complexity index is 396. The van der Waals surface area contributed by atoms with E-state index >= 15 is 0 Å². The number of hydrogen-bond acceptors (Lipinski definition) is 3. The van der Waals surface area contributed by atoms with E-state index in [0.717, 1.165) is 32.1 Å². The first-order valence-electron chi connectivity index (χ1n) is 6.08. The van der Waals surface area contributed by atoms with Gasteiger partial charge in [0, 0.05) is 19.0 Å². The molecule has 1 heterocycles. The Morgan fingerprint density at radius 2 is 2.18 bits per heavy atom. The van der Waals surface area contributed by atoms with E-state index in [4.69, 9.17) is 17.3 Å². The van der Waals surface area contributed by atoms with E-state index in [1.165, 1.54) is 6.20 Å². The Balaban J connectivity index is 2.24. The lowest BCUT2D eigenvalue weighted by Crippen LogP contribution is -2.35. The van der Waals surface area contributed by atoms with Gasteiger partial charge in [0.15, 0.2) is 5.78 Å². The van der Waals surface area contributed by atoms with Crippen LogP contribution in [0.15, 0.2) is 6.20 Å². The average Bonchev–Trinajstić information content (AvgIpc) is 2.51. The van der Waals surface area contributed by atoms with E-state index in [1.54, 1.807) is 11.7 Å². The van der Waals surface area contributed by atoms with Crippen molar-refractivity contribution in [3.8, 4) is 0 Å². The summed E-state index contributed by atoms with van der Waals surface area (Å²) >= 11 is 6.00. The van der Waals surface area contributed by atoms with Crippen molar-refractivity contribution in [1.29, 1.82) is 0 Å². The second kappa shape index (κ2) is 5.19. The molecule has 94 valence electrons. The Hall–Kier alpha value is -0.870. The summed E-state index contributed by atoms with van der Waals surface area (Å²) in [4.78, 5) is 12.4. The van der Waals surface area contributed by atoms with Crippen molar-refractivity contribution in [3.63, 3.8) is 0 Å². The minimum atomic E-state index is -0.106. The summed E-state index contributed by atoms with van der Waals surface area (Å²) < 4.78 is 1.54. The van der Waals surface area contributed by atoms with Crippen molar-refractivity contribution >= 4 is 17.4 Å². The zero-order chi connectivity index (χ0) is 12.4. The number of aromatic nitrogens is 2. The van der Waals surface area contributed by atoms with E-state index in [-0.39, 0.29) is 17.7 Å². The lowest BCUT2D eigenvalue weighted by atomic mass is 9.89. The van der Waals surface area contributed by atoms with Gasteiger partial charge in [0.05, 0.1) is 11.2 Å². The zero-order valence-corrected chi connectivity index (χ0v) is 10.8. The minimum Gasteiger partial charge on any atom is -0.327 e. The summed E-state index contributed by atoms with van der Waals surface area (Å²) in [5.74, 6) is -0.0604. The molecule has 1 aliphatic rings. The Morgan fingerprint density at radius 1 is 1.47 bits per heavy atom. The van der Waals surface area contributed by atoms with Gasteiger partial charge in [0.2, 0.25) is 0 Å². The molecule has 0 spiro atoms. The van der Waals surface area contributed by atoms with Crippen molar-refractivity contribution in [2.24, 2.45) is 18.7 Å². The first-order chi connectivity index (χ1) is 8.11. The summed E-state index contributed by atoms with van der Waals surface area (Å²) in [6.45, 7) is 0. The molecule has 0 aliphatic heterocycles. The molecule has 0 saturated heterocycles. The number of hydrogen-bond donors (Lipinski definition) is 1. The highest BCUT2D eigenvalue weighted by Crippen LogP contribution is 2.27. The molecule has 1 aromatic rings. The van der Waals surface area contributed by atoms with Gasteiger partial charge in [-0.2, -0.15) is 5.10 Å². The number of ketones is 1. The Morgan fingerprint density at radius 3 is 2.82 bits per heavy atom. The predicted octanol–water partition coefficient (Wildman–Crippen LogP) is 2.16. The summed E-state index contributed by atoms with van der Waals surface area (Å²) in [5.41, 5.74) is 6.59. The first-order valence-corrected chi connectivity index (χ1v) is 6.46. The molecule has 2 atom stereocenters. The number of rotatable bonds is 2. The lowest BCUT2D eigenvalue weighted by Gasteiger charge is -2.20. The number of nitrogens with zero attached hydrogens (tertiary/aromatic N) is 2. The maximum atomic E-state index is 12.4. The maximum Gasteiger partial charge on any atom is 0.186 e. The fourth-order valence-electron chi connectivity index (χ4n) is 2.53. The standard InChI is InChI=1S/C12H18ClN3O/c1-16-11(9(13)7-15-16)12(17)8-5-3-2-4-6-10(8)14/h7-8,10H,2-6,14H2,1H3. The molecule has 0 bridgehead atoms. The van der Waals surface area contributed by atoms with Crippen LogP contribution in [0.5, 0.6) is 0 Å². The zero-order valence-electron chi connectivity index (χ0n) is 10.0. The molecule has 1 saturated carbocycles. The van der Waals surface area contributed by atoms with Crippen LogP contribution >= 0.6 is 11.6 Å². The summed E-state index contributed by atoms with van der Waals surface area (Å²) in [6, 6.07) is -0.0454. The minimum absolute atomic E-state index is 0.0454. The van der Waals surface area contributed by atoms with Crippen molar-refractivity contribution in [3.05, 3.63) is 16.9 Å². The third kappa shape index (κ3) is 2.53. The molecule has 17 heavy (non-hydrogen) atoms. The van der Waals surface area contributed by atoms with Gasteiger partial charge in [-0.1, -0.05) is 30.9 Å². The van der Waals surface area contributed by atoms with Gasteiger partial charge < -0.3 is 5.73 Å². The molecule has 0 radical (unpaired) electrons. The monoisotopic (exact) mass is 255 g/mol. The maximum absolute atomic E-state index is 12.4. The van der Waals surface area contributed by atoms with Crippen LogP contribution in [0.4, 0.5) is 0 Å². The number of carbonyl (C=O) groups is 1. The quantitative estimate of drug-likeness (QED) is 0.651. The van der Waals surface area contributed by atoms with Crippen LogP contribution in [0.3, 0.4) is 0 Å². The highest BCUT2D eigenvalue weighted by atomic mass is 35.5. The van der Waals surface area contributed by atoms with E-state index < -0.39 is 0 Å². The third-order valence-corrected chi connectivity index (χ3v) is 3.81. The molecular weight excluding hydrogens is 238 g/mol. The molecule has 1 fully saturated rings. The van der Waals surface area contributed by atoms with Crippen LogP contribution < -0.4 is 5.73 Å².